The normalized spacial score (nSPS) is 12.0. The molecule has 0 radical (unpaired) electrons. The Bertz CT molecular complexity index is 1400. The Balaban J connectivity index is 1.94. The molecule has 168 valence electrons. The minimum atomic E-state index is -0.580. The van der Waals surface area contributed by atoms with Gasteiger partial charge in [-0.15, -0.1) is 0 Å². The van der Waals surface area contributed by atoms with Crippen molar-refractivity contribution in [1.82, 2.24) is 0 Å². The third-order valence-corrected chi connectivity index (χ3v) is 6.02. The molecule has 2 N–H and O–H groups in total. The number of hydrogen-bond donors (Lipinski definition) is 2. The first-order chi connectivity index (χ1) is 15.8. The van der Waals surface area contributed by atoms with E-state index in [0.29, 0.717) is 16.7 Å². The maximum Gasteiger partial charge on any atom is 0.306 e. The number of aromatic hydroxyl groups is 2. The zero-order valence-electron chi connectivity index (χ0n) is 18.6. The maximum atomic E-state index is 13.3. The Hall–Kier alpha value is -4.06. The van der Waals surface area contributed by atoms with Crippen LogP contribution in [-0.2, 0) is 9.53 Å². The molecule has 4 aromatic rings. The lowest BCUT2D eigenvalue weighted by Gasteiger charge is -2.20. The third-order valence-electron chi connectivity index (χ3n) is 6.02. The SMILES string of the molecule is COC(=O)C[C@H](c1ccc(C)c(C)c1)c1c(O)ccc2c(=O)c(-c3ccc(O)cc3)coc12. The van der Waals surface area contributed by atoms with E-state index in [4.69, 9.17) is 9.15 Å². The Morgan fingerprint density at radius 2 is 1.73 bits per heavy atom. The van der Waals surface area contributed by atoms with Crippen molar-refractivity contribution in [3.05, 3.63) is 93.3 Å². The molecule has 6 nitrogen and oxygen atoms in total. The maximum absolute atomic E-state index is 13.3. The Labute approximate surface area is 190 Å². The minimum Gasteiger partial charge on any atom is -0.508 e. The van der Waals surface area contributed by atoms with Crippen LogP contribution in [0.4, 0.5) is 0 Å². The molecule has 1 atom stereocenters. The predicted molar refractivity (Wildman–Crippen MR) is 126 cm³/mol. The number of phenolic OH excluding ortho intramolecular Hbond substituents is 2. The molecule has 0 aliphatic rings. The van der Waals surface area contributed by atoms with Crippen molar-refractivity contribution in [2.75, 3.05) is 7.11 Å². The van der Waals surface area contributed by atoms with Gasteiger partial charge in [-0.3, -0.25) is 9.59 Å². The number of fused-ring (bicyclic) bond motifs is 1. The molecule has 0 saturated carbocycles. The average molecular weight is 444 g/mol. The van der Waals surface area contributed by atoms with Crippen LogP contribution in [0, 0.1) is 13.8 Å². The number of rotatable bonds is 5. The molecule has 0 spiro atoms. The largest absolute Gasteiger partial charge is 0.508 e. The number of phenols is 2. The Morgan fingerprint density at radius 3 is 2.39 bits per heavy atom. The number of esters is 1. The van der Waals surface area contributed by atoms with Crippen LogP contribution in [0.25, 0.3) is 22.1 Å². The van der Waals surface area contributed by atoms with E-state index in [-0.39, 0.29) is 34.3 Å². The topological polar surface area (TPSA) is 97.0 Å². The van der Waals surface area contributed by atoms with Crippen molar-refractivity contribution in [2.24, 2.45) is 0 Å². The molecule has 0 saturated heterocycles. The summed E-state index contributed by atoms with van der Waals surface area (Å²) in [6, 6.07) is 15.0. The molecule has 0 aliphatic carbocycles. The summed E-state index contributed by atoms with van der Waals surface area (Å²) >= 11 is 0. The minimum absolute atomic E-state index is 0.0326. The van der Waals surface area contributed by atoms with E-state index in [9.17, 15) is 19.8 Å². The van der Waals surface area contributed by atoms with Gasteiger partial charge in [0.1, 0.15) is 23.3 Å². The van der Waals surface area contributed by atoms with Crippen LogP contribution in [-0.4, -0.2) is 23.3 Å². The van der Waals surface area contributed by atoms with Crippen LogP contribution in [0.15, 0.2) is 70.1 Å². The highest BCUT2D eigenvalue weighted by molar-refractivity contribution is 5.87. The number of hydrogen-bond acceptors (Lipinski definition) is 6. The van der Waals surface area contributed by atoms with E-state index in [0.717, 1.165) is 16.7 Å². The van der Waals surface area contributed by atoms with Gasteiger partial charge in [-0.25, -0.2) is 0 Å². The number of ether oxygens (including phenoxy) is 1. The summed E-state index contributed by atoms with van der Waals surface area (Å²) in [5.74, 6) is -1.01. The Morgan fingerprint density at radius 1 is 1.00 bits per heavy atom. The fourth-order valence-corrected chi connectivity index (χ4v) is 4.01. The number of aryl methyl sites for hydroxylation is 2. The van der Waals surface area contributed by atoms with Crippen LogP contribution >= 0.6 is 0 Å². The molecule has 3 aromatic carbocycles. The first-order valence-electron chi connectivity index (χ1n) is 10.5. The molecule has 0 amide bonds. The first-order valence-corrected chi connectivity index (χ1v) is 10.5. The quantitative estimate of drug-likeness (QED) is 0.412. The number of methoxy groups -OCH3 is 1. The van der Waals surface area contributed by atoms with Crippen LogP contribution in [0.3, 0.4) is 0 Å². The summed E-state index contributed by atoms with van der Waals surface area (Å²) in [6.07, 6.45) is 1.31. The van der Waals surface area contributed by atoms with Crippen LogP contribution in [0.5, 0.6) is 11.5 Å². The summed E-state index contributed by atoms with van der Waals surface area (Å²) in [4.78, 5) is 25.6. The van der Waals surface area contributed by atoms with Gasteiger partial charge in [0.15, 0.2) is 0 Å². The second-order valence-corrected chi connectivity index (χ2v) is 8.08. The predicted octanol–water partition coefficient (Wildman–Crippen LogP) is 5.18. The van der Waals surface area contributed by atoms with Crippen LogP contribution < -0.4 is 5.43 Å². The highest BCUT2D eigenvalue weighted by Crippen LogP contribution is 2.39. The van der Waals surface area contributed by atoms with Crippen LogP contribution in [0.1, 0.15) is 34.6 Å². The highest BCUT2D eigenvalue weighted by Gasteiger charge is 2.27. The first kappa shape index (κ1) is 22.1. The van der Waals surface area contributed by atoms with E-state index in [1.54, 1.807) is 12.1 Å². The van der Waals surface area contributed by atoms with Crippen molar-refractivity contribution in [3.8, 4) is 22.6 Å². The zero-order valence-corrected chi connectivity index (χ0v) is 18.6. The van der Waals surface area contributed by atoms with Crippen molar-refractivity contribution < 1.29 is 24.2 Å². The molecule has 0 unspecified atom stereocenters. The lowest BCUT2D eigenvalue weighted by molar-refractivity contribution is -0.140. The molecule has 1 heterocycles. The molecule has 1 aromatic heterocycles. The fourth-order valence-electron chi connectivity index (χ4n) is 4.01. The average Bonchev–Trinajstić information content (AvgIpc) is 2.80. The van der Waals surface area contributed by atoms with E-state index in [2.05, 4.69) is 0 Å². The van der Waals surface area contributed by atoms with Gasteiger partial charge in [-0.2, -0.15) is 0 Å². The second kappa shape index (κ2) is 8.82. The van der Waals surface area contributed by atoms with Gasteiger partial charge < -0.3 is 19.4 Å². The summed E-state index contributed by atoms with van der Waals surface area (Å²) in [5.41, 5.74) is 4.16. The van der Waals surface area contributed by atoms with E-state index < -0.39 is 11.9 Å². The lowest BCUT2D eigenvalue weighted by Crippen LogP contribution is -2.13. The van der Waals surface area contributed by atoms with Crippen molar-refractivity contribution in [1.29, 1.82) is 0 Å². The monoisotopic (exact) mass is 444 g/mol. The zero-order chi connectivity index (χ0) is 23.7. The van der Waals surface area contributed by atoms with E-state index in [1.165, 1.54) is 37.6 Å². The Kier molecular flexibility index (Phi) is 5.92. The van der Waals surface area contributed by atoms with Crippen LogP contribution in [0.2, 0.25) is 0 Å². The van der Waals surface area contributed by atoms with Gasteiger partial charge in [0.2, 0.25) is 5.43 Å². The second-order valence-electron chi connectivity index (χ2n) is 8.08. The van der Waals surface area contributed by atoms with Gasteiger partial charge in [-0.05, 0) is 60.4 Å². The van der Waals surface area contributed by atoms with Crippen molar-refractivity contribution in [2.45, 2.75) is 26.2 Å². The standard InChI is InChI=1S/C27H24O6/c1-15-4-5-18(12-16(15)2)21(13-24(30)32-3)25-23(29)11-10-20-26(31)22(14-33-27(20)25)17-6-8-19(28)9-7-17/h4-12,14,21,28-29H,13H2,1-3H3/t21-/m1/s1. The van der Waals surface area contributed by atoms with E-state index in [1.807, 2.05) is 32.0 Å². The van der Waals surface area contributed by atoms with Crippen molar-refractivity contribution in [3.63, 3.8) is 0 Å². The summed E-state index contributed by atoms with van der Waals surface area (Å²) < 4.78 is 10.8. The van der Waals surface area contributed by atoms with Gasteiger partial charge in [0, 0.05) is 11.5 Å². The smallest absolute Gasteiger partial charge is 0.306 e. The summed E-state index contributed by atoms with van der Waals surface area (Å²) in [6.45, 7) is 3.97. The summed E-state index contributed by atoms with van der Waals surface area (Å²) in [7, 11) is 1.31. The third kappa shape index (κ3) is 4.20. The molecule has 33 heavy (non-hydrogen) atoms. The van der Waals surface area contributed by atoms with Gasteiger partial charge in [-0.1, -0.05) is 30.3 Å². The lowest BCUT2D eigenvalue weighted by atomic mass is 9.85. The molecule has 0 bridgehead atoms. The molecule has 6 heteroatoms. The van der Waals surface area contributed by atoms with Gasteiger partial charge in [0.05, 0.1) is 24.5 Å². The molecule has 0 fully saturated rings. The molecular formula is C27H24O6. The highest BCUT2D eigenvalue weighted by atomic mass is 16.5. The van der Waals surface area contributed by atoms with Gasteiger partial charge in [0.25, 0.3) is 0 Å². The number of carbonyl (C=O) groups is 1. The molecular weight excluding hydrogens is 420 g/mol. The van der Waals surface area contributed by atoms with Crippen molar-refractivity contribution >= 4 is 16.9 Å². The van der Waals surface area contributed by atoms with Gasteiger partial charge >= 0.3 is 5.97 Å². The summed E-state index contributed by atoms with van der Waals surface area (Å²) in [5, 5.41) is 20.6. The number of carbonyl (C=O) groups excluding carboxylic acids is 1. The number of benzene rings is 3. The molecule has 0 aliphatic heterocycles. The molecule has 4 rings (SSSR count). The van der Waals surface area contributed by atoms with E-state index >= 15 is 0 Å². The fraction of sp³-hybridized carbons (Fsp3) is 0.185.